The number of hydrogen-bond donors (Lipinski definition) is 1. The summed E-state index contributed by atoms with van der Waals surface area (Å²) in [5.41, 5.74) is 2.34. The van der Waals surface area contributed by atoms with E-state index >= 15 is 0 Å². The molecule has 0 aliphatic carbocycles. The lowest BCUT2D eigenvalue weighted by Crippen LogP contribution is -2.45. The minimum absolute atomic E-state index is 0.229. The van der Waals surface area contributed by atoms with Crippen LogP contribution in [-0.4, -0.2) is 21.4 Å². The first kappa shape index (κ1) is 18.8. The van der Waals surface area contributed by atoms with Gasteiger partial charge < -0.3 is 0 Å². The van der Waals surface area contributed by atoms with Crippen molar-refractivity contribution in [2.24, 2.45) is 0 Å². The maximum Gasteiger partial charge on any atom is 0.262 e. The first-order chi connectivity index (χ1) is 11.8. The van der Waals surface area contributed by atoms with E-state index in [1.807, 2.05) is 19.9 Å². The number of carbonyl (C=O) groups excluding carboxylic acids is 2. The number of piperidine rings is 1. The molecule has 0 spiro atoms. The Balaban J connectivity index is 0.000000701. The highest BCUT2D eigenvalue weighted by Crippen LogP contribution is 2.21. The molecule has 0 bridgehead atoms. The van der Waals surface area contributed by atoms with Crippen LogP contribution >= 0.6 is 0 Å². The summed E-state index contributed by atoms with van der Waals surface area (Å²) < 4.78 is 1.41. The smallest absolute Gasteiger partial charge is 0.262 e. The Morgan fingerprint density at radius 1 is 1.16 bits per heavy atom. The topological polar surface area (TPSA) is 81.1 Å². The number of carbonyl (C=O) groups is 2. The zero-order valence-corrected chi connectivity index (χ0v) is 15.5. The van der Waals surface area contributed by atoms with Crippen LogP contribution in [0, 0.1) is 20.8 Å². The summed E-state index contributed by atoms with van der Waals surface area (Å²) in [4.78, 5) is 40.7. The lowest BCUT2D eigenvalue weighted by atomic mass is 10.0. The van der Waals surface area contributed by atoms with Gasteiger partial charge in [-0.3, -0.25) is 24.3 Å². The maximum absolute atomic E-state index is 12.8. The number of aromatic nitrogens is 2. The van der Waals surface area contributed by atoms with Gasteiger partial charge in [0.15, 0.2) is 0 Å². The predicted octanol–water partition coefficient (Wildman–Crippen LogP) is 2.72. The summed E-state index contributed by atoms with van der Waals surface area (Å²) in [7, 11) is 0. The van der Waals surface area contributed by atoms with Crippen LogP contribution in [0.3, 0.4) is 0 Å². The van der Waals surface area contributed by atoms with Gasteiger partial charge in [-0.1, -0.05) is 26.3 Å². The van der Waals surface area contributed by atoms with Crippen LogP contribution in [0.25, 0.3) is 10.9 Å². The molecule has 134 valence electrons. The van der Waals surface area contributed by atoms with E-state index < -0.39 is 11.9 Å². The van der Waals surface area contributed by atoms with Crippen LogP contribution in [-0.2, 0) is 9.59 Å². The van der Waals surface area contributed by atoms with Gasteiger partial charge >= 0.3 is 0 Å². The Morgan fingerprint density at radius 3 is 2.40 bits per heavy atom. The van der Waals surface area contributed by atoms with Crippen molar-refractivity contribution in [3.63, 3.8) is 0 Å². The Bertz CT molecular complexity index is 884. The molecule has 6 heteroatoms. The third kappa shape index (κ3) is 3.78. The molecule has 3 rings (SSSR count). The molecule has 2 amide bonds. The Morgan fingerprint density at radius 2 is 1.80 bits per heavy atom. The van der Waals surface area contributed by atoms with Gasteiger partial charge in [0.1, 0.15) is 11.9 Å². The predicted molar refractivity (Wildman–Crippen MR) is 97.6 cm³/mol. The molecule has 0 unspecified atom stereocenters. The van der Waals surface area contributed by atoms with E-state index in [-0.39, 0.29) is 17.9 Å². The van der Waals surface area contributed by atoms with Crippen molar-refractivity contribution >= 4 is 22.7 Å². The Kier molecular flexibility index (Phi) is 5.72. The fourth-order valence-corrected chi connectivity index (χ4v) is 3.06. The van der Waals surface area contributed by atoms with Crippen molar-refractivity contribution in [2.75, 3.05) is 0 Å². The highest BCUT2D eigenvalue weighted by molar-refractivity contribution is 5.99. The van der Waals surface area contributed by atoms with Crippen molar-refractivity contribution in [2.45, 2.75) is 59.9 Å². The number of benzene rings is 1. The number of hydrogen-bond acceptors (Lipinski definition) is 4. The molecule has 25 heavy (non-hydrogen) atoms. The average Bonchev–Trinajstić information content (AvgIpc) is 2.51. The second-order valence-corrected chi connectivity index (χ2v) is 6.49. The van der Waals surface area contributed by atoms with E-state index in [1.165, 1.54) is 11.0 Å². The van der Waals surface area contributed by atoms with Crippen LogP contribution in [0.5, 0.6) is 0 Å². The standard InChI is InChI=1S/C16H17N3O3.C3H8/c1-8-6-9(2)14-11(7-8)16(22)19(10(3)17-14)12-4-5-13(20)18-15(12)21;1-3-2/h6-7,12H,4-5H2,1-3H3,(H,18,20,21);3H2,1-2H3/t12-;/m1./s1. The average molecular weight is 343 g/mol. The number of nitrogens with zero attached hydrogens (tertiary/aromatic N) is 2. The number of fused-ring (bicyclic) bond motifs is 1. The van der Waals surface area contributed by atoms with Gasteiger partial charge in [0.2, 0.25) is 11.8 Å². The van der Waals surface area contributed by atoms with Crippen LogP contribution in [0.2, 0.25) is 0 Å². The molecule has 2 heterocycles. The van der Waals surface area contributed by atoms with Crippen LogP contribution < -0.4 is 10.9 Å². The summed E-state index contributed by atoms with van der Waals surface area (Å²) in [6, 6.07) is 3.09. The molecule has 6 nitrogen and oxygen atoms in total. The first-order valence-electron chi connectivity index (χ1n) is 8.63. The van der Waals surface area contributed by atoms with Gasteiger partial charge in [-0.25, -0.2) is 4.98 Å². The second-order valence-electron chi connectivity index (χ2n) is 6.49. The van der Waals surface area contributed by atoms with E-state index in [0.717, 1.165) is 11.1 Å². The van der Waals surface area contributed by atoms with E-state index in [4.69, 9.17) is 0 Å². The van der Waals surface area contributed by atoms with E-state index in [9.17, 15) is 14.4 Å². The first-order valence-corrected chi connectivity index (χ1v) is 8.63. The molecule has 1 fully saturated rings. The summed E-state index contributed by atoms with van der Waals surface area (Å²) in [5.74, 6) is -0.252. The van der Waals surface area contributed by atoms with Gasteiger partial charge in [-0.05, 0) is 44.4 Å². The van der Waals surface area contributed by atoms with Crippen LogP contribution in [0.1, 0.15) is 56.1 Å². The molecular weight excluding hydrogens is 318 g/mol. The molecule has 2 aromatic rings. The molecule has 0 radical (unpaired) electrons. The molecule has 1 aromatic heterocycles. The second kappa shape index (κ2) is 7.59. The van der Waals surface area contributed by atoms with Crippen molar-refractivity contribution in [3.8, 4) is 0 Å². The Labute approximate surface area is 147 Å². The van der Waals surface area contributed by atoms with Crippen molar-refractivity contribution < 1.29 is 9.59 Å². The summed E-state index contributed by atoms with van der Waals surface area (Å²) >= 11 is 0. The van der Waals surface area contributed by atoms with Gasteiger partial charge in [0.25, 0.3) is 5.56 Å². The van der Waals surface area contributed by atoms with Gasteiger partial charge in [-0.2, -0.15) is 0 Å². The van der Waals surface area contributed by atoms with Gasteiger partial charge in [0, 0.05) is 6.42 Å². The molecule has 1 saturated heterocycles. The largest absolute Gasteiger partial charge is 0.295 e. The SMILES string of the molecule is CCC.Cc1cc(C)c2nc(C)n([C@@H]3CCC(=O)NC3=O)c(=O)c2c1. The lowest BCUT2D eigenvalue weighted by molar-refractivity contribution is -0.135. The third-order valence-corrected chi connectivity index (χ3v) is 4.04. The fraction of sp³-hybridized carbons (Fsp3) is 0.474. The van der Waals surface area contributed by atoms with Crippen LogP contribution in [0.4, 0.5) is 0 Å². The van der Waals surface area contributed by atoms with Crippen molar-refractivity contribution in [1.29, 1.82) is 0 Å². The molecule has 1 aliphatic heterocycles. The number of amides is 2. The highest BCUT2D eigenvalue weighted by Gasteiger charge is 2.30. The quantitative estimate of drug-likeness (QED) is 0.807. The van der Waals surface area contributed by atoms with E-state index in [0.29, 0.717) is 23.1 Å². The number of imide groups is 1. The molecular formula is C19H25N3O3. The zero-order valence-electron chi connectivity index (χ0n) is 15.5. The maximum atomic E-state index is 12.8. The number of nitrogens with one attached hydrogen (secondary N) is 1. The summed E-state index contributed by atoms with van der Waals surface area (Å²) in [6.45, 7) is 9.80. The number of rotatable bonds is 1. The molecule has 1 N–H and O–H groups in total. The highest BCUT2D eigenvalue weighted by atomic mass is 16.2. The third-order valence-electron chi connectivity index (χ3n) is 4.04. The normalized spacial score (nSPS) is 17.1. The summed E-state index contributed by atoms with van der Waals surface area (Å²) in [5, 5.41) is 2.79. The Hall–Kier alpha value is -2.50. The molecule has 0 saturated carbocycles. The van der Waals surface area contributed by atoms with Crippen molar-refractivity contribution in [3.05, 3.63) is 39.4 Å². The number of aryl methyl sites for hydroxylation is 3. The minimum Gasteiger partial charge on any atom is -0.295 e. The fourth-order valence-electron chi connectivity index (χ4n) is 3.06. The lowest BCUT2D eigenvalue weighted by Gasteiger charge is -2.24. The zero-order chi connectivity index (χ0) is 18.7. The van der Waals surface area contributed by atoms with Gasteiger partial charge in [-0.15, -0.1) is 0 Å². The van der Waals surface area contributed by atoms with Crippen molar-refractivity contribution in [1.82, 2.24) is 14.9 Å². The van der Waals surface area contributed by atoms with E-state index in [2.05, 4.69) is 24.1 Å². The minimum atomic E-state index is -0.678. The summed E-state index contributed by atoms with van der Waals surface area (Å²) in [6.07, 6.45) is 1.80. The van der Waals surface area contributed by atoms with Gasteiger partial charge in [0.05, 0.1) is 10.9 Å². The molecule has 1 aliphatic rings. The molecule has 1 aromatic carbocycles. The van der Waals surface area contributed by atoms with E-state index in [1.54, 1.807) is 13.0 Å². The monoisotopic (exact) mass is 343 g/mol. The molecule has 1 atom stereocenters. The van der Waals surface area contributed by atoms with Crippen LogP contribution in [0.15, 0.2) is 16.9 Å².